The number of aliphatic hydroxyl groups excluding tert-OH is 1. The summed E-state index contributed by atoms with van der Waals surface area (Å²) >= 11 is 1.49. The highest BCUT2D eigenvalue weighted by Crippen LogP contribution is 2.35. The molecule has 0 amide bonds. The molecule has 0 heterocycles. The summed E-state index contributed by atoms with van der Waals surface area (Å²) in [5, 5.41) is 21.5. The number of hydrogen-bond acceptors (Lipinski definition) is 5. The second-order valence-corrected chi connectivity index (χ2v) is 8.98. The first-order valence-corrected chi connectivity index (χ1v) is 12.4. The standard InChI is InChI=1S/C29H27NO3S/c30-18-20-32-27-17-8-14-24-25(27)15-7-16-26(24)29(31)34-21-9-19-33-28(22-10-3-1-4-11-22)23-12-5-2-6-13-23/h1-8,10-17,28-29,31H,9,19-21H2. The molecule has 0 bridgehead atoms. The molecule has 0 fully saturated rings. The minimum atomic E-state index is -0.658. The van der Waals surface area contributed by atoms with Crippen molar-refractivity contribution in [2.75, 3.05) is 19.0 Å². The molecule has 172 valence electrons. The van der Waals surface area contributed by atoms with Gasteiger partial charge in [0.2, 0.25) is 0 Å². The Balaban J connectivity index is 1.36. The second kappa shape index (κ2) is 12.2. The van der Waals surface area contributed by atoms with Gasteiger partial charge in [-0.3, -0.25) is 0 Å². The van der Waals surface area contributed by atoms with Gasteiger partial charge in [0.05, 0.1) is 0 Å². The molecule has 0 saturated heterocycles. The fraction of sp³-hybridized carbons (Fsp3) is 0.207. The predicted molar refractivity (Wildman–Crippen MR) is 138 cm³/mol. The highest BCUT2D eigenvalue weighted by atomic mass is 32.2. The molecular weight excluding hydrogens is 442 g/mol. The van der Waals surface area contributed by atoms with E-state index in [-0.39, 0.29) is 12.7 Å². The van der Waals surface area contributed by atoms with Crippen LogP contribution in [0.5, 0.6) is 5.75 Å². The third-order valence-electron chi connectivity index (χ3n) is 5.53. The Bertz CT molecular complexity index is 1190. The van der Waals surface area contributed by atoms with Gasteiger partial charge in [0.15, 0.2) is 6.61 Å². The van der Waals surface area contributed by atoms with Gasteiger partial charge in [-0.15, -0.1) is 11.8 Å². The molecule has 4 aromatic rings. The molecule has 1 N–H and O–H groups in total. The van der Waals surface area contributed by atoms with E-state index in [9.17, 15) is 5.11 Å². The van der Waals surface area contributed by atoms with E-state index in [1.165, 1.54) is 11.8 Å². The average Bonchev–Trinajstić information content (AvgIpc) is 2.90. The first kappa shape index (κ1) is 23.8. The van der Waals surface area contributed by atoms with Crippen molar-refractivity contribution in [3.8, 4) is 11.8 Å². The van der Waals surface area contributed by atoms with Gasteiger partial charge < -0.3 is 14.6 Å². The van der Waals surface area contributed by atoms with Gasteiger partial charge in [-0.2, -0.15) is 5.26 Å². The van der Waals surface area contributed by atoms with Crippen LogP contribution in [0.4, 0.5) is 0 Å². The van der Waals surface area contributed by atoms with Crippen LogP contribution in [0.1, 0.15) is 34.7 Å². The number of nitrogens with zero attached hydrogens (tertiary/aromatic N) is 1. The maximum absolute atomic E-state index is 10.9. The lowest BCUT2D eigenvalue weighted by atomic mass is 10.0. The summed E-state index contributed by atoms with van der Waals surface area (Å²) in [5.41, 5.74) is 2.45. The lowest BCUT2D eigenvalue weighted by Crippen LogP contribution is -2.08. The summed E-state index contributed by atoms with van der Waals surface area (Å²) in [5.74, 6) is 1.41. The van der Waals surface area contributed by atoms with E-state index in [0.717, 1.165) is 39.6 Å². The molecule has 0 aromatic heterocycles. The predicted octanol–water partition coefficient (Wildman–Crippen LogP) is 6.66. The van der Waals surface area contributed by atoms with Crippen LogP contribution in [0.2, 0.25) is 0 Å². The zero-order valence-corrected chi connectivity index (χ0v) is 19.7. The van der Waals surface area contributed by atoms with Crippen LogP contribution in [-0.2, 0) is 4.74 Å². The van der Waals surface area contributed by atoms with E-state index < -0.39 is 5.44 Å². The van der Waals surface area contributed by atoms with E-state index in [1.54, 1.807) is 0 Å². The number of fused-ring (bicyclic) bond motifs is 1. The number of rotatable bonds is 11. The third kappa shape index (κ3) is 5.98. The van der Waals surface area contributed by atoms with Crippen LogP contribution < -0.4 is 4.74 Å². The topological polar surface area (TPSA) is 62.5 Å². The molecule has 0 saturated carbocycles. The molecule has 0 aliphatic rings. The number of benzene rings is 4. The zero-order chi connectivity index (χ0) is 23.6. The average molecular weight is 470 g/mol. The maximum Gasteiger partial charge on any atom is 0.174 e. The molecule has 0 spiro atoms. The Morgan fingerprint density at radius 2 is 1.44 bits per heavy atom. The summed E-state index contributed by atoms with van der Waals surface area (Å²) in [6.07, 6.45) is 0.710. The molecule has 34 heavy (non-hydrogen) atoms. The van der Waals surface area contributed by atoms with Gasteiger partial charge in [0.25, 0.3) is 0 Å². The van der Waals surface area contributed by atoms with Crippen molar-refractivity contribution in [3.63, 3.8) is 0 Å². The van der Waals surface area contributed by atoms with Crippen LogP contribution >= 0.6 is 11.8 Å². The Hall–Kier alpha value is -3.30. The molecule has 4 nitrogen and oxygen atoms in total. The summed E-state index contributed by atoms with van der Waals surface area (Å²) in [4.78, 5) is 0. The Kier molecular flexibility index (Phi) is 8.59. The minimum Gasteiger partial charge on any atom is -0.478 e. The number of ether oxygens (including phenoxy) is 2. The summed E-state index contributed by atoms with van der Waals surface area (Å²) in [6, 6.07) is 34.0. The maximum atomic E-state index is 10.9. The van der Waals surface area contributed by atoms with Gasteiger partial charge in [0, 0.05) is 12.0 Å². The van der Waals surface area contributed by atoms with Crippen molar-refractivity contribution in [2.24, 2.45) is 0 Å². The van der Waals surface area contributed by atoms with Crippen LogP contribution in [0.3, 0.4) is 0 Å². The Morgan fingerprint density at radius 3 is 2.12 bits per heavy atom. The number of thioether (sulfide) groups is 1. The second-order valence-electron chi connectivity index (χ2n) is 7.79. The lowest BCUT2D eigenvalue weighted by Gasteiger charge is -2.19. The molecule has 4 rings (SSSR count). The van der Waals surface area contributed by atoms with Crippen molar-refractivity contribution >= 4 is 22.5 Å². The van der Waals surface area contributed by atoms with Crippen molar-refractivity contribution in [1.29, 1.82) is 5.26 Å². The summed E-state index contributed by atoms with van der Waals surface area (Å²) in [7, 11) is 0. The molecular formula is C29H27NO3S. The van der Waals surface area contributed by atoms with Gasteiger partial charge >= 0.3 is 0 Å². The lowest BCUT2D eigenvalue weighted by molar-refractivity contribution is 0.0811. The van der Waals surface area contributed by atoms with Crippen LogP contribution in [0.15, 0.2) is 97.1 Å². The van der Waals surface area contributed by atoms with E-state index >= 15 is 0 Å². The Labute approximate surface area is 204 Å². The summed E-state index contributed by atoms with van der Waals surface area (Å²) in [6.45, 7) is 0.587. The zero-order valence-electron chi connectivity index (χ0n) is 18.8. The minimum absolute atomic E-state index is 0.00635. The first-order valence-electron chi connectivity index (χ1n) is 11.3. The quantitative estimate of drug-likeness (QED) is 0.196. The molecule has 0 aliphatic carbocycles. The number of aliphatic hydroxyl groups is 1. The van der Waals surface area contributed by atoms with Crippen molar-refractivity contribution in [2.45, 2.75) is 18.0 Å². The smallest absolute Gasteiger partial charge is 0.174 e. The van der Waals surface area contributed by atoms with Crippen LogP contribution in [0, 0.1) is 11.3 Å². The highest BCUT2D eigenvalue weighted by molar-refractivity contribution is 7.99. The molecule has 1 unspecified atom stereocenters. The van der Waals surface area contributed by atoms with Gasteiger partial charge in [-0.25, -0.2) is 0 Å². The molecule has 0 radical (unpaired) electrons. The van der Waals surface area contributed by atoms with Crippen LogP contribution in [-0.4, -0.2) is 24.1 Å². The first-order chi connectivity index (χ1) is 16.8. The molecule has 5 heteroatoms. The molecule has 0 aliphatic heterocycles. The monoisotopic (exact) mass is 469 g/mol. The van der Waals surface area contributed by atoms with E-state index in [0.29, 0.717) is 12.4 Å². The van der Waals surface area contributed by atoms with Crippen LogP contribution in [0.25, 0.3) is 10.8 Å². The molecule has 4 aromatic carbocycles. The summed E-state index contributed by atoms with van der Waals surface area (Å²) < 4.78 is 11.8. The van der Waals surface area contributed by atoms with Gasteiger partial charge in [-0.05, 0) is 40.3 Å². The highest BCUT2D eigenvalue weighted by Gasteiger charge is 2.16. The van der Waals surface area contributed by atoms with E-state index in [2.05, 4.69) is 24.3 Å². The van der Waals surface area contributed by atoms with Crippen molar-refractivity contribution in [3.05, 3.63) is 114 Å². The largest absolute Gasteiger partial charge is 0.478 e. The van der Waals surface area contributed by atoms with E-state index in [4.69, 9.17) is 14.7 Å². The third-order valence-corrected chi connectivity index (χ3v) is 6.62. The SMILES string of the molecule is N#CCOc1cccc2c(C(O)SCCCOC(c3ccccc3)c3ccccc3)cccc12. The van der Waals surface area contributed by atoms with E-state index in [1.807, 2.05) is 78.9 Å². The fourth-order valence-electron chi connectivity index (χ4n) is 3.94. The fourth-order valence-corrected chi connectivity index (χ4v) is 4.83. The number of hydrogen-bond donors (Lipinski definition) is 1. The van der Waals surface area contributed by atoms with Gasteiger partial charge in [-0.1, -0.05) is 91.0 Å². The molecule has 1 atom stereocenters. The van der Waals surface area contributed by atoms with Crippen molar-refractivity contribution < 1.29 is 14.6 Å². The van der Waals surface area contributed by atoms with Crippen molar-refractivity contribution in [1.82, 2.24) is 0 Å². The Morgan fingerprint density at radius 1 is 0.794 bits per heavy atom. The van der Waals surface area contributed by atoms with Gasteiger partial charge in [0.1, 0.15) is 23.4 Å². The normalized spacial score (nSPS) is 11.9. The number of nitriles is 1.